The summed E-state index contributed by atoms with van der Waals surface area (Å²) in [6, 6.07) is 17.5. The van der Waals surface area contributed by atoms with Crippen molar-refractivity contribution in [2.45, 2.75) is 11.4 Å². The quantitative estimate of drug-likeness (QED) is 0.289. The lowest BCUT2D eigenvalue weighted by Gasteiger charge is -2.18. The minimum Gasteiger partial charge on any atom is -0.497 e. The van der Waals surface area contributed by atoms with Crippen molar-refractivity contribution in [1.82, 2.24) is 4.90 Å². The molecule has 0 bridgehead atoms. The zero-order chi connectivity index (χ0) is 23.3. The molecule has 0 radical (unpaired) electrons. The number of nitro groups is 1. The number of benzene rings is 3. The van der Waals surface area contributed by atoms with E-state index in [1.807, 2.05) is 24.3 Å². The van der Waals surface area contributed by atoms with Crippen molar-refractivity contribution in [3.63, 3.8) is 0 Å². The second-order valence-electron chi connectivity index (χ2n) is 6.83. The standard InChI is InChI=1S/C22H20N2O7S/c1-23(15-16-6-10-19(30-2)11-7-16)22(25)17-8-12-20(13-9-17)31-32(28,29)21-5-3-4-18(14-21)24(26)27/h3-14H,15H2,1-2H3. The lowest BCUT2D eigenvalue weighted by molar-refractivity contribution is -0.385. The maximum Gasteiger partial charge on any atom is 0.339 e. The van der Waals surface area contributed by atoms with Crippen LogP contribution >= 0.6 is 0 Å². The molecule has 1 amide bonds. The first-order valence-corrected chi connectivity index (χ1v) is 10.8. The third-order valence-electron chi connectivity index (χ3n) is 4.55. The molecular formula is C22H20N2O7S. The van der Waals surface area contributed by atoms with Gasteiger partial charge in [0.2, 0.25) is 0 Å². The van der Waals surface area contributed by atoms with Gasteiger partial charge in [-0.2, -0.15) is 8.42 Å². The second-order valence-corrected chi connectivity index (χ2v) is 8.37. The molecule has 3 aromatic rings. The normalized spacial score (nSPS) is 10.9. The molecule has 32 heavy (non-hydrogen) atoms. The number of carbonyl (C=O) groups is 1. The van der Waals surface area contributed by atoms with Crippen molar-refractivity contribution < 1.29 is 27.1 Å². The second kappa shape index (κ2) is 9.48. The van der Waals surface area contributed by atoms with E-state index in [0.29, 0.717) is 12.1 Å². The van der Waals surface area contributed by atoms with Crippen LogP contribution in [-0.2, 0) is 16.7 Å². The fraction of sp³-hybridized carbons (Fsp3) is 0.136. The van der Waals surface area contributed by atoms with Gasteiger partial charge in [-0.05, 0) is 48.0 Å². The molecule has 0 aliphatic rings. The average Bonchev–Trinajstić information content (AvgIpc) is 2.79. The van der Waals surface area contributed by atoms with Crippen molar-refractivity contribution in [1.29, 1.82) is 0 Å². The number of non-ortho nitro benzene ring substituents is 1. The van der Waals surface area contributed by atoms with E-state index >= 15 is 0 Å². The number of hydrogen-bond acceptors (Lipinski definition) is 7. The van der Waals surface area contributed by atoms with Crippen LogP contribution in [0.5, 0.6) is 11.5 Å². The topological polar surface area (TPSA) is 116 Å². The summed E-state index contributed by atoms with van der Waals surface area (Å²) in [5, 5.41) is 10.9. The summed E-state index contributed by atoms with van der Waals surface area (Å²) >= 11 is 0. The van der Waals surface area contributed by atoms with Crippen LogP contribution in [0.25, 0.3) is 0 Å². The van der Waals surface area contributed by atoms with Crippen LogP contribution in [0.15, 0.2) is 77.7 Å². The molecule has 0 aliphatic heterocycles. The third-order valence-corrected chi connectivity index (χ3v) is 5.79. The van der Waals surface area contributed by atoms with E-state index < -0.39 is 15.0 Å². The fourth-order valence-electron chi connectivity index (χ4n) is 2.88. The Kier molecular flexibility index (Phi) is 6.74. The van der Waals surface area contributed by atoms with Gasteiger partial charge in [0.05, 0.1) is 12.0 Å². The first kappa shape index (κ1) is 22.8. The summed E-state index contributed by atoms with van der Waals surface area (Å²) in [4.78, 5) is 24.0. The summed E-state index contributed by atoms with van der Waals surface area (Å²) < 4.78 is 35.0. The van der Waals surface area contributed by atoms with Crippen LogP contribution < -0.4 is 8.92 Å². The number of nitrogens with zero attached hydrogens (tertiary/aromatic N) is 2. The van der Waals surface area contributed by atoms with E-state index in [2.05, 4.69) is 0 Å². The highest BCUT2D eigenvalue weighted by atomic mass is 32.2. The van der Waals surface area contributed by atoms with E-state index in [9.17, 15) is 23.3 Å². The monoisotopic (exact) mass is 456 g/mol. The van der Waals surface area contributed by atoms with Gasteiger partial charge in [0.1, 0.15) is 16.4 Å². The maximum atomic E-state index is 12.7. The van der Waals surface area contributed by atoms with E-state index in [1.54, 1.807) is 14.2 Å². The van der Waals surface area contributed by atoms with E-state index in [4.69, 9.17) is 8.92 Å². The molecule has 0 aromatic heterocycles. The Morgan fingerprint density at radius 1 is 1.00 bits per heavy atom. The summed E-state index contributed by atoms with van der Waals surface area (Å²) in [6.45, 7) is 0.377. The Morgan fingerprint density at radius 3 is 2.22 bits per heavy atom. The largest absolute Gasteiger partial charge is 0.497 e. The molecule has 0 spiro atoms. The number of nitro benzene ring substituents is 1. The molecular weight excluding hydrogens is 436 g/mol. The van der Waals surface area contributed by atoms with Gasteiger partial charge in [-0.1, -0.05) is 18.2 Å². The van der Waals surface area contributed by atoms with Crippen LogP contribution in [-0.4, -0.2) is 38.3 Å². The minimum absolute atomic E-state index is 0.0223. The van der Waals surface area contributed by atoms with Crippen LogP contribution in [0.2, 0.25) is 0 Å². The highest BCUT2D eigenvalue weighted by Gasteiger charge is 2.20. The zero-order valence-corrected chi connectivity index (χ0v) is 18.1. The van der Waals surface area contributed by atoms with Crippen molar-refractivity contribution in [3.8, 4) is 11.5 Å². The van der Waals surface area contributed by atoms with Crippen molar-refractivity contribution in [2.24, 2.45) is 0 Å². The molecule has 3 rings (SSSR count). The molecule has 0 aliphatic carbocycles. The van der Waals surface area contributed by atoms with Gasteiger partial charge in [-0.25, -0.2) is 0 Å². The molecule has 0 atom stereocenters. The van der Waals surface area contributed by atoms with Crippen LogP contribution in [0.1, 0.15) is 15.9 Å². The molecule has 0 unspecified atom stereocenters. The van der Waals surface area contributed by atoms with Gasteiger partial charge in [0.15, 0.2) is 0 Å². The zero-order valence-electron chi connectivity index (χ0n) is 17.3. The van der Waals surface area contributed by atoms with Gasteiger partial charge in [-0.3, -0.25) is 14.9 Å². The van der Waals surface area contributed by atoms with Crippen molar-refractivity contribution in [2.75, 3.05) is 14.2 Å². The van der Waals surface area contributed by atoms with Crippen LogP contribution in [0.3, 0.4) is 0 Å². The number of ether oxygens (including phenoxy) is 1. The summed E-state index contributed by atoms with van der Waals surface area (Å²) in [7, 11) is -1.04. The van der Waals surface area contributed by atoms with Gasteiger partial charge in [0.25, 0.3) is 11.6 Å². The van der Waals surface area contributed by atoms with E-state index in [-0.39, 0.29) is 22.2 Å². The highest BCUT2D eigenvalue weighted by molar-refractivity contribution is 7.87. The number of carbonyl (C=O) groups excluding carboxylic acids is 1. The van der Waals surface area contributed by atoms with Crippen LogP contribution in [0.4, 0.5) is 5.69 Å². The Hall–Kier alpha value is -3.92. The first-order chi connectivity index (χ1) is 15.2. The van der Waals surface area contributed by atoms with Gasteiger partial charge >= 0.3 is 10.1 Å². The molecule has 0 N–H and O–H groups in total. The Labute approximate surface area is 185 Å². The molecule has 0 fully saturated rings. The molecule has 0 saturated carbocycles. The first-order valence-electron chi connectivity index (χ1n) is 9.37. The predicted octanol–water partition coefficient (Wildman–Crippen LogP) is 3.64. The molecule has 3 aromatic carbocycles. The molecule has 0 heterocycles. The smallest absolute Gasteiger partial charge is 0.339 e. The van der Waals surface area contributed by atoms with Gasteiger partial charge in [0, 0.05) is 31.3 Å². The molecule has 166 valence electrons. The average molecular weight is 456 g/mol. The summed E-state index contributed by atoms with van der Waals surface area (Å²) in [5.74, 6) is 0.443. The highest BCUT2D eigenvalue weighted by Crippen LogP contribution is 2.23. The van der Waals surface area contributed by atoms with Gasteiger partial charge < -0.3 is 13.8 Å². The summed E-state index contributed by atoms with van der Waals surface area (Å²) in [6.07, 6.45) is 0. The van der Waals surface area contributed by atoms with E-state index in [0.717, 1.165) is 17.4 Å². The Morgan fingerprint density at radius 2 is 1.62 bits per heavy atom. The fourth-order valence-corrected chi connectivity index (χ4v) is 3.85. The Balaban J connectivity index is 1.69. The van der Waals surface area contributed by atoms with Crippen molar-refractivity contribution >= 4 is 21.7 Å². The molecule has 9 nitrogen and oxygen atoms in total. The minimum atomic E-state index is -4.28. The lowest BCUT2D eigenvalue weighted by atomic mass is 10.1. The number of rotatable bonds is 8. The predicted molar refractivity (Wildman–Crippen MR) is 116 cm³/mol. The van der Waals surface area contributed by atoms with Crippen molar-refractivity contribution in [3.05, 3.63) is 94.0 Å². The number of amides is 1. The summed E-state index contributed by atoms with van der Waals surface area (Å²) in [5.41, 5.74) is 0.904. The van der Waals surface area contributed by atoms with Crippen LogP contribution in [0, 0.1) is 10.1 Å². The molecule has 10 heteroatoms. The lowest BCUT2D eigenvalue weighted by Crippen LogP contribution is -2.26. The number of methoxy groups -OCH3 is 1. The van der Waals surface area contributed by atoms with Gasteiger partial charge in [-0.15, -0.1) is 0 Å². The maximum absolute atomic E-state index is 12.7. The molecule has 0 saturated heterocycles. The Bertz CT molecular complexity index is 1220. The van der Waals surface area contributed by atoms with E-state index in [1.165, 1.54) is 47.4 Å². The SMILES string of the molecule is COc1ccc(CN(C)C(=O)c2ccc(OS(=O)(=O)c3cccc([N+](=O)[O-])c3)cc2)cc1. The third kappa shape index (κ3) is 5.41. The number of hydrogen-bond donors (Lipinski definition) is 0.